The molecule has 1 aliphatic heterocycles. The first-order valence-electron chi connectivity index (χ1n) is 4.32. The number of hydrogen-bond acceptors (Lipinski definition) is 2. The molecule has 0 bridgehead atoms. The molecule has 2 nitrogen and oxygen atoms in total. The van der Waals surface area contributed by atoms with E-state index in [2.05, 4.69) is 16.9 Å². The molecule has 0 N–H and O–H groups in total. The normalized spacial score (nSPS) is 21.6. The zero-order valence-corrected chi connectivity index (χ0v) is 7.20. The quantitative estimate of drug-likeness (QED) is 0.572. The molecule has 0 aromatic carbocycles. The van der Waals surface area contributed by atoms with E-state index in [1.807, 2.05) is 24.5 Å². The van der Waals surface area contributed by atoms with E-state index in [-0.39, 0.29) is 0 Å². The van der Waals surface area contributed by atoms with Crippen molar-refractivity contribution in [2.45, 2.75) is 19.8 Å². The highest BCUT2D eigenvalue weighted by atomic mass is 14.8. The lowest BCUT2D eigenvalue weighted by Gasteiger charge is -2.04. The maximum absolute atomic E-state index is 4.35. The minimum absolute atomic E-state index is 0.671. The van der Waals surface area contributed by atoms with Gasteiger partial charge in [-0.15, -0.1) is 0 Å². The lowest BCUT2D eigenvalue weighted by molar-refractivity contribution is 0.606. The first-order chi connectivity index (χ1) is 5.86. The van der Waals surface area contributed by atoms with Gasteiger partial charge in [0.05, 0.1) is 11.4 Å². The molecule has 1 aliphatic rings. The highest BCUT2D eigenvalue weighted by Gasteiger charge is 2.10. The van der Waals surface area contributed by atoms with Gasteiger partial charge in [-0.25, -0.2) is 0 Å². The molecule has 0 saturated heterocycles. The zero-order valence-electron chi connectivity index (χ0n) is 7.20. The minimum Gasteiger partial charge on any atom is -0.259 e. The summed E-state index contributed by atoms with van der Waals surface area (Å²) in [5.41, 5.74) is 2.18. The van der Waals surface area contributed by atoms with Crippen molar-refractivity contribution in [2.75, 3.05) is 0 Å². The summed E-state index contributed by atoms with van der Waals surface area (Å²) < 4.78 is 0. The zero-order chi connectivity index (χ0) is 8.39. The molecule has 2 heteroatoms. The number of aromatic nitrogens is 1. The molecule has 2 rings (SSSR count). The summed E-state index contributed by atoms with van der Waals surface area (Å²) in [5.74, 6) is 0.671. The van der Waals surface area contributed by atoms with E-state index in [1.54, 1.807) is 0 Å². The third-order valence-electron chi connectivity index (χ3n) is 2.15. The van der Waals surface area contributed by atoms with Crippen LogP contribution in [0.1, 0.15) is 19.0 Å². The Kier molecular flexibility index (Phi) is 1.90. The fraction of sp³-hybridized carbons (Fsp3) is 0.400. The molecular weight excluding hydrogens is 148 g/mol. The predicted molar refractivity (Wildman–Crippen MR) is 49.9 cm³/mol. The van der Waals surface area contributed by atoms with Crippen molar-refractivity contribution in [2.24, 2.45) is 10.9 Å². The molecule has 0 aliphatic carbocycles. The summed E-state index contributed by atoms with van der Waals surface area (Å²) in [7, 11) is 0. The molecule has 1 aromatic rings. The van der Waals surface area contributed by atoms with Crippen LogP contribution in [-0.2, 0) is 6.42 Å². The van der Waals surface area contributed by atoms with E-state index in [0.29, 0.717) is 5.92 Å². The van der Waals surface area contributed by atoms with Gasteiger partial charge >= 0.3 is 0 Å². The predicted octanol–water partition coefficient (Wildman–Crippen LogP) is 2.37. The molecule has 12 heavy (non-hydrogen) atoms. The van der Waals surface area contributed by atoms with E-state index >= 15 is 0 Å². The largest absolute Gasteiger partial charge is 0.259 e. The lowest BCUT2D eigenvalue weighted by atomic mass is 10.0. The van der Waals surface area contributed by atoms with Crippen molar-refractivity contribution in [3.05, 3.63) is 24.0 Å². The topological polar surface area (TPSA) is 25.2 Å². The highest BCUT2D eigenvalue weighted by molar-refractivity contribution is 5.65. The van der Waals surface area contributed by atoms with E-state index < -0.39 is 0 Å². The van der Waals surface area contributed by atoms with Gasteiger partial charge in [0, 0.05) is 12.4 Å². The second-order valence-electron chi connectivity index (χ2n) is 3.33. The Bertz CT molecular complexity index is 304. The first-order valence-corrected chi connectivity index (χ1v) is 4.32. The number of aliphatic imine (C=N–C) groups is 1. The highest BCUT2D eigenvalue weighted by Crippen LogP contribution is 2.23. The van der Waals surface area contributed by atoms with Crippen LogP contribution in [0.15, 0.2) is 23.3 Å². The molecule has 62 valence electrons. The smallest absolute Gasteiger partial charge is 0.0841 e. The van der Waals surface area contributed by atoms with Crippen molar-refractivity contribution in [1.29, 1.82) is 0 Å². The molecule has 0 fully saturated rings. The summed E-state index contributed by atoms with van der Waals surface area (Å²) in [6, 6.07) is 3.96. The van der Waals surface area contributed by atoms with Gasteiger partial charge in [-0.05, 0) is 30.9 Å². The lowest BCUT2D eigenvalue weighted by Crippen LogP contribution is -1.99. The Morgan fingerprint density at radius 3 is 3.33 bits per heavy atom. The second-order valence-corrected chi connectivity index (χ2v) is 3.33. The number of hydrogen-bond donors (Lipinski definition) is 0. The molecule has 0 radical (unpaired) electrons. The third-order valence-corrected chi connectivity index (χ3v) is 2.15. The first kappa shape index (κ1) is 7.47. The monoisotopic (exact) mass is 160 g/mol. The van der Waals surface area contributed by atoms with E-state index in [0.717, 1.165) is 24.2 Å². The summed E-state index contributed by atoms with van der Waals surface area (Å²) in [6.07, 6.45) is 5.96. The van der Waals surface area contributed by atoms with Crippen molar-refractivity contribution in [1.82, 2.24) is 4.98 Å². The number of pyridine rings is 1. The van der Waals surface area contributed by atoms with Crippen LogP contribution in [0, 0.1) is 5.92 Å². The maximum atomic E-state index is 4.35. The van der Waals surface area contributed by atoms with Gasteiger partial charge < -0.3 is 0 Å². The molecule has 0 amide bonds. The van der Waals surface area contributed by atoms with Crippen LogP contribution in [-0.4, -0.2) is 11.2 Å². The van der Waals surface area contributed by atoms with Crippen LogP contribution < -0.4 is 0 Å². The summed E-state index contributed by atoms with van der Waals surface area (Å²) in [5, 5.41) is 0. The molecule has 1 unspecified atom stereocenters. The molecule has 2 heterocycles. The van der Waals surface area contributed by atoms with Gasteiger partial charge in [0.1, 0.15) is 0 Å². The maximum Gasteiger partial charge on any atom is 0.0841 e. The Hall–Kier alpha value is -1.18. The number of nitrogens with zero attached hydrogens (tertiary/aromatic N) is 2. The van der Waals surface area contributed by atoms with Gasteiger partial charge in [0.15, 0.2) is 0 Å². The number of rotatable bonds is 0. The van der Waals surface area contributed by atoms with Crippen molar-refractivity contribution >= 4 is 11.9 Å². The third kappa shape index (κ3) is 1.37. The fourth-order valence-electron chi connectivity index (χ4n) is 1.45. The van der Waals surface area contributed by atoms with Crippen LogP contribution in [0.25, 0.3) is 0 Å². The SMILES string of the molecule is CC1CC=Nc2cccnc2C1. The standard InChI is InChI=1S/C10H12N2/c1-8-4-6-12-9-3-2-5-11-10(9)7-8/h2-3,5-6,8H,4,7H2,1H3. The molecule has 1 aromatic heterocycles. The van der Waals surface area contributed by atoms with E-state index in [9.17, 15) is 0 Å². The number of fused-ring (bicyclic) bond motifs is 1. The van der Waals surface area contributed by atoms with Gasteiger partial charge in [-0.1, -0.05) is 6.92 Å². The van der Waals surface area contributed by atoms with Gasteiger partial charge in [-0.2, -0.15) is 0 Å². The van der Waals surface area contributed by atoms with E-state index in [1.165, 1.54) is 0 Å². The van der Waals surface area contributed by atoms with Crippen molar-refractivity contribution in [3.8, 4) is 0 Å². The van der Waals surface area contributed by atoms with Crippen LogP contribution in [0.2, 0.25) is 0 Å². The second kappa shape index (κ2) is 3.05. The van der Waals surface area contributed by atoms with Crippen molar-refractivity contribution < 1.29 is 0 Å². The summed E-state index contributed by atoms with van der Waals surface area (Å²) in [4.78, 5) is 8.67. The molecule has 0 saturated carbocycles. The Morgan fingerprint density at radius 2 is 2.42 bits per heavy atom. The van der Waals surface area contributed by atoms with Gasteiger partial charge in [-0.3, -0.25) is 9.98 Å². The molecule has 1 atom stereocenters. The van der Waals surface area contributed by atoms with Crippen LogP contribution in [0.3, 0.4) is 0 Å². The van der Waals surface area contributed by atoms with Crippen LogP contribution in [0.4, 0.5) is 5.69 Å². The average Bonchev–Trinajstić information content (AvgIpc) is 2.25. The summed E-state index contributed by atoms with van der Waals surface area (Å²) >= 11 is 0. The Labute approximate surface area is 72.4 Å². The minimum atomic E-state index is 0.671. The van der Waals surface area contributed by atoms with E-state index in [4.69, 9.17) is 0 Å². The van der Waals surface area contributed by atoms with Gasteiger partial charge in [0.25, 0.3) is 0 Å². The Balaban J connectivity index is 2.41. The molecular formula is C10H12N2. The fourth-order valence-corrected chi connectivity index (χ4v) is 1.45. The van der Waals surface area contributed by atoms with Crippen LogP contribution >= 0.6 is 0 Å². The van der Waals surface area contributed by atoms with Crippen molar-refractivity contribution in [3.63, 3.8) is 0 Å². The van der Waals surface area contributed by atoms with Gasteiger partial charge in [0.2, 0.25) is 0 Å². The molecule has 0 spiro atoms. The van der Waals surface area contributed by atoms with Crippen LogP contribution in [0.5, 0.6) is 0 Å². The Morgan fingerprint density at radius 1 is 1.50 bits per heavy atom. The summed E-state index contributed by atoms with van der Waals surface area (Å²) in [6.45, 7) is 2.23. The average molecular weight is 160 g/mol.